The molecule has 0 aromatic carbocycles. The molecule has 0 aliphatic heterocycles. The van der Waals surface area contributed by atoms with Gasteiger partial charge in [-0.05, 0) is 0 Å². The minimum atomic E-state index is 0.488. The van der Waals surface area contributed by atoms with Crippen molar-refractivity contribution < 1.29 is 28.8 Å². The van der Waals surface area contributed by atoms with Crippen LogP contribution >= 0.6 is 0 Å². The van der Waals surface area contributed by atoms with Gasteiger partial charge in [-0.1, -0.05) is 12.7 Å². The van der Waals surface area contributed by atoms with Crippen LogP contribution in [0.25, 0.3) is 0 Å². The first kappa shape index (κ1) is 15.5. The Morgan fingerprint density at radius 1 is 1.44 bits per heavy atom. The maximum atomic E-state index is 5.32. The van der Waals surface area contributed by atoms with Crippen LogP contribution in [0.3, 0.4) is 0 Å². The summed E-state index contributed by atoms with van der Waals surface area (Å²) < 4.78 is 11.6. The molecular formula is C13H18MoO2. The molecular weight excluding hydrogens is 284 g/mol. The molecule has 0 aromatic heterocycles. The zero-order chi connectivity index (χ0) is 12.1. The Kier molecular flexibility index (Phi) is 12.2. The molecule has 88 valence electrons. The molecule has 0 amide bonds. The van der Waals surface area contributed by atoms with Gasteiger partial charge in [0.25, 0.3) is 0 Å². The average Bonchev–Trinajstić information content (AvgIpc) is 2.25. The third kappa shape index (κ3) is 13.5. The van der Waals surface area contributed by atoms with E-state index in [1.54, 1.807) is 6.08 Å². The van der Waals surface area contributed by atoms with E-state index in [2.05, 4.69) is 18.4 Å². The van der Waals surface area contributed by atoms with Crippen LogP contribution in [0.15, 0.2) is 24.8 Å². The van der Waals surface area contributed by atoms with E-state index in [1.807, 2.05) is 38.4 Å². The van der Waals surface area contributed by atoms with Gasteiger partial charge in [-0.15, -0.1) is 0 Å². The normalized spacial score (nSPS) is 9.81. The number of hydrogen-bond donors (Lipinski definition) is 0. The summed E-state index contributed by atoms with van der Waals surface area (Å²) in [6.07, 6.45) is 7.32. The van der Waals surface area contributed by atoms with Crippen molar-refractivity contribution in [2.45, 2.75) is 19.8 Å². The summed E-state index contributed by atoms with van der Waals surface area (Å²) in [7, 11) is 0. The average molecular weight is 302 g/mol. The SMILES string of the molecule is C=C/C=C/COCC#CCCCO[C](C)=[Mo]. The third-order valence-corrected chi connectivity index (χ3v) is 1.83. The summed E-state index contributed by atoms with van der Waals surface area (Å²) in [4.78, 5) is 0. The Hall–Kier alpha value is -0.482. The second-order valence-electron chi connectivity index (χ2n) is 2.98. The van der Waals surface area contributed by atoms with E-state index in [0.717, 1.165) is 23.5 Å². The molecule has 0 unspecified atom stereocenters. The summed E-state index contributed by atoms with van der Waals surface area (Å²) in [5.41, 5.74) is 0. The molecule has 0 aromatic rings. The van der Waals surface area contributed by atoms with Crippen molar-refractivity contribution in [3.05, 3.63) is 24.8 Å². The molecule has 0 spiro atoms. The summed E-state index contributed by atoms with van der Waals surface area (Å²) >= 11 is 1.89. The molecule has 0 atom stereocenters. The van der Waals surface area contributed by atoms with Crippen molar-refractivity contribution in [2.24, 2.45) is 0 Å². The predicted octanol–water partition coefficient (Wildman–Crippen LogP) is 2.24. The van der Waals surface area contributed by atoms with Crippen molar-refractivity contribution in [1.82, 2.24) is 0 Å². The number of unbranched alkanes of at least 4 members (excludes halogenated alkanes) is 1. The van der Waals surface area contributed by atoms with E-state index in [4.69, 9.17) is 9.47 Å². The second kappa shape index (κ2) is 12.6. The fourth-order valence-corrected chi connectivity index (χ4v) is 1.05. The molecule has 0 saturated carbocycles. The Morgan fingerprint density at radius 2 is 2.25 bits per heavy atom. The van der Waals surface area contributed by atoms with Crippen LogP contribution in [0.4, 0.5) is 0 Å². The second-order valence-corrected chi connectivity index (χ2v) is 4.39. The standard InChI is InChI=1S/C13H18O2.Mo/c1-3-5-8-12-15-13-10-7-6-9-11-14-4-2;/h3,5,8H,1,6,9,11-13H2,2H3;/b8-5+;. The summed E-state index contributed by atoms with van der Waals surface area (Å²) in [6, 6.07) is 0. The zero-order valence-corrected chi connectivity index (χ0v) is 11.7. The summed E-state index contributed by atoms with van der Waals surface area (Å²) in [5, 5.41) is 0. The first-order valence-corrected chi connectivity index (χ1v) is 6.22. The number of allylic oxidation sites excluding steroid dienone is 2. The van der Waals surface area contributed by atoms with E-state index < -0.39 is 0 Å². The molecule has 0 bridgehead atoms. The molecule has 0 fully saturated rings. The Balaban J connectivity index is 3.25. The molecule has 0 radical (unpaired) electrons. The monoisotopic (exact) mass is 304 g/mol. The maximum absolute atomic E-state index is 5.32. The van der Waals surface area contributed by atoms with E-state index >= 15 is 0 Å². The number of rotatable bonds is 8. The Morgan fingerprint density at radius 3 is 2.94 bits per heavy atom. The van der Waals surface area contributed by atoms with Crippen molar-refractivity contribution in [2.75, 3.05) is 19.8 Å². The van der Waals surface area contributed by atoms with Gasteiger partial charge in [-0.3, -0.25) is 0 Å². The molecule has 0 rings (SSSR count). The van der Waals surface area contributed by atoms with Crippen LogP contribution in [0.5, 0.6) is 0 Å². The van der Waals surface area contributed by atoms with Crippen LogP contribution in [0.1, 0.15) is 19.8 Å². The van der Waals surface area contributed by atoms with Gasteiger partial charge in [-0.2, -0.15) is 0 Å². The van der Waals surface area contributed by atoms with Crippen molar-refractivity contribution >= 4 is 4.08 Å². The Labute approximate surface area is 109 Å². The van der Waals surface area contributed by atoms with Gasteiger partial charge >= 0.3 is 96.5 Å². The summed E-state index contributed by atoms with van der Waals surface area (Å²) in [5.74, 6) is 6.00. The first-order chi connectivity index (χ1) is 7.77. The van der Waals surface area contributed by atoms with Gasteiger partial charge in [-0.25, -0.2) is 0 Å². The van der Waals surface area contributed by atoms with Crippen molar-refractivity contribution in [3.8, 4) is 11.8 Å². The number of hydrogen-bond acceptors (Lipinski definition) is 2. The minimum absolute atomic E-state index is 0.488. The quantitative estimate of drug-likeness (QED) is 0.296. The molecule has 3 heteroatoms. The van der Waals surface area contributed by atoms with Gasteiger partial charge in [0, 0.05) is 0 Å². The molecule has 0 saturated heterocycles. The third-order valence-electron chi connectivity index (χ3n) is 1.54. The van der Waals surface area contributed by atoms with E-state index in [0.29, 0.717) is 13.2 Å². The molecule has 2 nitrogen and oxygen atoms in total. The predicted molar refractivity (Wildman–Crippen MR) is 63.8 cm³/mol. The van der Waals surface area contributed by atoms with Crippen LogP contribution in [0, 0.1) is 11.8 Å². The van der Waals surface area contributed by atoms with Gasteiger partial charge in [0.1, 0.15) is 0 Å². The van der Waals surface area contributed by atoms with Crippen LogP contribution in [-0.4, -0.2) is 23.9 Å². The molecule has 0 heterocycles. The van der Waals surface area contributed by atoms with Crippen molar-refractivity contribution in [3.63, 3.8) is 0 Å². The van der Waals surface area contributed by atoms with Crippen LogP contribution in [0.2, 0.25) is 0 Å². The van der Waals surface area contributed by atoms with Crippen LogP contribution in [-0.2, 0) is 28.8 Å². The van der Waals surface area contributed by atoms with Gasteiger partial charge in [0.15, 0.2) is 0 Å². The topological polar surface area (TPSA) is 18.5 Å². The van der Waals surface area contributed by atoms with Gasteiger partial charge < -0.3 is 0 Å². The van der Waals surface area contributed by atoms with Crippen molar-refractivity contribution in [1.29, 1.82) is 0 Å². The van der Waals surface area contributed by atoms with Crippen LogP contribution < -0.4 is 0 Å². The van der Waals surface area contributed by atoms with E-state index in [1.165, 1.54) is 0 Å². The summed E-state index contributed by atoms with van der Waals surface area (Å²) in [6.45, 7) is 7.36. The fraction of sp³-hybridized carbons (Fsp3) is 0.462. The van der Waals surface area contributed by atoms with Gasteiger partial charge in [0.05, 0.1) is 0 Å². The zero-order valence-electron chi connectivity index (χ0n) is 9.70. The van der Waals surface area contributed by atoms with E-state index in [-0.39, 0.29) is 0 Å². The number of ether oxygens (including phenoxy) is 2. The fourth-order valence-electron chi connectivity index (χ4n) is 0.846. The molecule has 16 heavy (non-hydrogen) atoms. The molecule has 0 aliphatic carbocycles. The molecule has 0 N–H and O–H groups in total. The van der Waals surface area contributed by atoms with Gasteiger partial charge in [0.2, 0.25) is 0 Å². The molecule has 0 aliphatic rings. The van der Waals surface area contributed by atoms with E-state index in [9.17, 15) is 0 Å². The Bertz CT molecular complexity index is 284. The first-order valence-electron chi connectivity index (χ1n) is 5.21.